The predicted molar refractivity (Wildman–Crippen MR) is 114 cm³/mol. The number of thiophene rings is 1. The summed E-state index contributed by atoms with van der Waals surface area (Å²) in [5.41, 5.74) is 1.85. The lowest BCUT2D eigenvalue weighted by Crippen LogP contribution is -2.30. The zero-order chi connectivity index (χ0) is 20.1. The average Bonchev–Trinajstić information content (AvgIpc) is 3.35. The van der Waals surface area contributed by atoms with Crippen molar-refractivity contribution in [1.29, 1.82) is 0 Å². The van der Waals surface area contributed by atoms with Crippen molar-refractivity contribution < 1.29 is 14.0 Å². The van der Waals surface area contributed by atoms with E-state index < -0.39 is 0 Å². The highest BCUT2D eigenvalue weighted by Gasteiger charge is 2.14. The fourth-order valence-corrected chi connectivity index (χ4v) is 3.68. The molecule has 2 aromatic heterocycles. The minimum absolute atomic E-state index is 0.215. The lowest BCUT2D eigenvalue weighted by molar-refractivity contribution is 0.0995. The SMILES string of the molecule is CCN(c1ccc(NC(=O)c2ccc(NC(=O)c3ccco3)s2)cc1)C(C)C. The third-order valence-electron chi connectivity index (χ3n) is 4.23. The van der Waals surface area contributed by atoms with Crippen molar-refractivity contribution >= 4 is 39.5 Å². The first-order valence-electron chi connectivity index (χ1n) is 9.10. The average molecular weight is 398 g/mol. The molecule has 0 aliphatic carbocycles. The van der Waals surface area contributed by atoms with Gasteiger partial charge in [0.1, 0.15) is 0 Å². The van der Waals surface area contributed by atoms with Crippen molar-refractivity contribution in [2.45, 2.75) is 26.8 Å². The summed E-state index contributed by atoms with van der Waals surface area (Å²) >= 11 is 1.21. The second-order valence-corrected chi connectivity index (χ2v) is 7.56. The zero-order valence-corrected chi connectivity index (χ0v) is 16.9. The minimum Gasteiger partial charge on any atom is -0.459 e. The third kappa shape index (κ3) is 4.61. The van der Waals surface area contributed by atoms with Gasteiger partial charge in [-0.3, -0.25) is 9.59 Å². The maximum atomic E-state index is 12.5. The second kappa shape index (κ2) is 8.75. The largest absolute Gasteiger partial charge is 0.459 e. The van der Waals surface area contributed by atoms with E-state index in [1.165, 1.54) is 17.6 Å². The lowest BCUT2D eigenvalue weighted by Gasteiger charge is -2.27. The molecule has 1 aromatic carbocycles. The van der Waals surface area contributed by atoms with Crippen LogP contribution in [0.25, 0.3) is 0 Å². The van der Waals surface area contributed by atoms with Crippen molar-refractivity contribution in [1.82, 2.24) is 0 Å². The van der Waals surface area contributed by atoms with Gasteiger partial charge in [-0.2, -0.15) is 0 Å². The van der Waals surface area contributed by atoms with Gasteiger partial charge in [-0.05, 0) is 69.3 Å². The summed E-state index contributed by atoms with van der Waals surface area (Å²) in [5, 5.41) is 6.19. The molecule has 6 nitrogen and oxygen atoms in total. The zero-order valence-electron chi connectivity index (χ0n) is 16.1. The van der Waals surface area contributed by atoms with E-state index in [0.717, 1.165) is 17.9 Å². The molecule has 0 spiro atoms. The molecule has 0 radical (unpaired) electrons. The van der Waals surface area contributed by atoms with Gasteiger partial charge in [-0.1, -0.05) is 0 Å². The van der Waals surface area contributed by atoms with Crippen LogP contribution in [0.15, 0.2) is 59.2 Å². The quantitative estimate of drug-likeness (QED) is 0.583. The van der Waals surface area contributed by atoms with Crippen LogP contribution in [-0.2, 0) is 0 Å². The molecule has 0 aliphatic rings. The van der Waals surface area contributed by atoms with E-state index in [1.807, 2.05) is 24.3 Å². The topological polar surface area (TPSA) is 74.6 Å². The van der Waals surface area contributed by atoms with Gasteiger partial charge in [0.15, 0.2) is 5.76 Å². The number of rotatable bonds is 7. The van der Waals surface area contributed by atoms with E-state index in [0.29, 0.717) is 15.9 Å². The van der Waals surface area contributed by atoms with Crippen molar-refractivity contribution in [3.63, 3.8) is 0 Å². The summed E-state index contributed by atoms with van der Waals surface area (Å²) in [7, 11) is 0. The maximum Gasteiger partial charge on any atom is 0.291 e. The van der Waals surface area contributed by atoms with Crippen LogP contribution in [0.1, 0.15) is 41.0 Å². The van der Waals surface area contributed by atoms with Gasteiger partial charge >= 0.3 is 0 Å². The molecule has 0 saturated heterocycles. The van der Waals surface area contributed by atoms with Gasteiger partial charge in [0.25, 0.3) is 11.8 Å². The molecule has 0 bridgehead atoms. The van der Waals surface area contributed by atoms with Crippen LogP contribution < -0.4 is 15.5 Å². The number of carbonyl (C=O) groups is 2. The van der Waals surface area contributed by atoms with Crippen LogP contribution in [0.4, 0.5) is 16.4 Å². The molecule has 3 aromatic rings. The Hall–Kier alpha value is -3.06. The molecule has 0 saturated carbocycles. The highest BCUT2D eigenvalue weighted by Crippen LogP contribution is 2.25. The fraction of sp³-hybridized carbons (Fsp3) is 0.238. The van der Waals surface area contributed by atoms with Gasteiger partial charge < -0.3 is 20.0 Å². The maximum absolute atomic E-state index is 12.5. The van der Waals surface area contributed by atoms with Crippen LogP contribution in [0.5, 0.6) is 0 Å². The van der Waals surface area contributed by atoms with Crippen LogP contribution in [0, 0.1) is 0 Å². The standard InChI is InChI=1S/C21H23N3O3S/c1-4-24(14(2)3)16-9-7-15(8-10-16)22-21(26)18-11-12-19(28-18)23-20(25)17-6-5-13-27-17/h5-14H,4H2,1-3H3,(H,22,26)(H,23,25). The van der Waals surface area contributed by atoms with Crippen molar-refractivity contribution in [2.24, 2.45) is 0 Å². The van der Waals surface area contributed by atoms with Gasteiger partial charge in [-0.15, -0.1) is 11.3 Å². The summed E-state index contributed by atoms with van der Waals surface area (Å²) in [6, 6.07) is 14.8. The Morgan fingerprint density at radius 1 is 1.04 bits per heavy atom. The number of furan rings is 1. The van der Waals surface area contributed by atoms with Crippen LogP contribution in [0.3, 0.4) is 0 Å². The normalized spacial score (nSPS) is 10.7. The smallest absolute Gasteiger partial charge is 0.291 e. The summed E-state index contributed by atoms with van der Waals surface area (Å²) in [5.74, 6) is -0.338. The fourth-order valence-electron chi connectivity index (χ4n) is 2.88. The second-order valence-electron chi connectivity index (χ2n) is 6.48. The van der Waals surface area contributed by atoms with E-state index in [9.17, 15) is 9.59 Å². The molecule has 0 atom stereocenters. The highest BCUT2D eigenvalue weighted by atomic mass is 32.1. The van der Waals surface area contributed by atoms with Crippen LogP contribution >= 0.6 is 11.3 Å². The first-order valence-corrected chi connectivity index (χ1v) is 9.92. The number of benzene rings is 1. The summed E-state index contributed by atoms with van der Waals surface area (Å²) in [4.78, 5) is 27.3. The van der Waals surface area contributed by atoms with E-state index in [-0.39, 0.29) is 17.6 Å². The molecule has 2 N–H and O–H groups in total. The third-order valence-corrected chi connectivity index (χ3v) is 5.23. The minimum atomic E-state index is -0.347. The Kier molecular flexibility index (Phi) is 6.16. The van der Waals surface area contributed by atoms with E-state index >= 15 is 0 Å². The van der Waals surface area contributed by atoms with Gasteiger partial charge in [-0.25, -0.2) is 0 Å². The van der Waals surface area contributed by atoms with Gasteiger partial charge in [0, 0.05) is 24.0 Å². The Labute approximate surface area is 168 Å². The molecule has 0 aliphatic heterocycles. The number of anilines is 3. The molecular formula is C21H23N3O3S. The number of nitrogens with zero attached hydrogens (tertiary/aromatic N) is 1. The summed E-state index contributed by atoms with van der Waals surface area (Å²) in [6.07, 6.45) is 1.44. The van der Waals surface area contributed by atoms with Gasteiger partial charge in [0.2, 0.25) is 0 Å². The molecule has 0 fully saturated rings. The van der Waals surface area contributed by atoms with Gasteiger partial charge in [0.05, 0.1) is 16.1 Å². The Morgan fingerprint density at radius 3 is 2.39 bits per heavy atom. The summed E-state index contributed by atoms with van der Waals surface area (Å²) < 4.78 is 5.06. The molecule has 28 heavy (non-hydrogen) atoms. The van der Waals surface area contributed by atoms with E-state index in [4.69, 9.17) is 4.42 Å². The lowest BCUT2D eigenvalue weighted by atomic mass is 10.2. The number of amides is 2. The summed E-state index contributed by atoms with van der Waals surface area (Å²) in [6.45, 7) is 7.34. The molecule has 2 amide bonds. The number of nitrogens with one attached hydrogen (secondary N) is 2. The van der Waals surface area contributed by atoms with E-state index in [1.54, 1.807) is 24.3 Å². The molecule has 2 heterocycles. The molecule has 146 valence electrons. The number of hydrogen-bond donors (Lipinski definition) is 2. The van der Waals surface area contributed by atoms with Crippen molar-refractivity contribution in [2.75, 3.05) is 22.1 Å². The Morgan fingerprint density at radius 2 is 1.79 bits per heavy atom. The molecule has 7 heteroatoms. The first-order chi connectivity index (χ1) is 13.5. The van der Waals surface area contributed by atoms with Crippen LogP contribution in [-0.4, -0.2) is 24.4 Å². The Balaban J connectivity index is 1.62. The van der Waals surface area contributed by atoms with Crippen molar-refractivity contribution in [3.8, 4) is 0 Å². The molecule has 0 unspecified atom stereocenters. The first kappa shape index (κ1) is 19.7. The number of hydrogen-bond acceptors (Lipinski definition) is 5. The number of carbonyl (C=O) groups excluding carboxylic acids is 2. The molecule has 3 rings (SSSR count). The Bertz CT molecular complexity index is 930. The van der Waals surface area contributed by atoms with E-state index in [2.05, 4.69) is 36.3 Å². The predicted octanol–water partition coefficient (Wildman–Crippen LogP) is 5.08. The molecular weight excluding hydrogens is 374 g/mol. The van der Waals surface area contributed by atoms with Crippen LogP contribution in [0.2, 0.25) is 0 Å². The monoisotopic (exact) mass is 397 g/mol. The van der Waals surface area contributed by atoms with Crippen molar-refractivity contribution in [3.05, 3.63) is 65.4 Å². The highest BCUT2D eigenvalue weighted by molar-refractivity contribution is 7.18.